The molecule has 0 bridgehead atoms. The Balaban J connectivity index is 2.43. The molecule has 1 aliphatic rings. The van der Waals surface area contributed by atoms with E-state index in [2.05, 4.69) is 12.2 Å². The molecule has 3 unspecified atom stereocenters. The van der Waals surface area contributed by atoms with Gasteiger partial charge in [-0.25, -0.2) is 0 Å². The van der Waals surface area contributed by atoms with Gasteiger partial charge in [0, 0.05) is 6.04 Å². The molecule has 1 aliphatic carbocycles. The summed E-state index contributed by atoms with van der Waals surface area (Å²) in [4.78, 5) is 11.0. The molecule has 0 aromatic rings. The summed E-state index contributed by atoms with van der Waals surface area (Å²) in [5, 5.41) is 12.3. The highest BCUT2D eigenvalue weighted by atomic mass is 16.4. The summed E-state index contributed by atoms with van der Waals surface area (Å²) < 4.78 is 0. The number of carbonyl (C=O) groups is 1. The van der Waals surface area contributed by atoms with Crippen molar-refractivity contribution < 1.29 is 9.90 Å². The molecule has 3 heteroatoms. The van der Waals surface area contributed by atoms with Crippen LogP contribution in [0.5, 0.6) is 0 Å². The maximum atomic E-state index is 11.0. The molecule has 3 nitrogen and oxygen atoms in total. The van der Waals surface area contributed by atoms with Crippen LogP contribution in [0.1, 0.15) is 46.5 Å². The molecule has 0 aliphatic heterocycles. The van der Waals surface area contributed by atoms with Gasteiger partial charge < -0.3 is 10.4 Å². The van der Waals surface area contributed by atoms with E-state index in [4.69, 9.17) is 5.11 Å². The highest BCUT2D eigenvalue weighted by molar-refractivity contribution is 5.73. The average molecular weight is 213 g/mol. The van der Waals surface area contributed by atoms with Gasteiger partial charge in [0.25, 0.3) is 0 Å². The van der Waals surface area contributed by atoms with Crippen LogP contribution >= 0.6 is 0 Å². The van der Waals surface area contributed by atoms with Crippen molar-refractivity contribution in [3.8, 4) is 0 Å². The Labute approximate surface area is 92.3 Å². The van der Waals surface area contributed by atoms with Crippen molar-refractivity contribution in [3.05, 3.63) is 0 Å². The molecule has 0 radical (unpaired) electrons. The second-order valence-electron chi connectivity index (χ2n) is 5.01. The SMILES string of the molecule is CCC1CCC(NC(C(=O)O)C(C)C)C1. The number of carboxylic acids is 1. The van der Waals surface area contributed by atoms with E-state index in [1.807, 2.05) is 13.8 Å². The third-order valence-corrected chi connectivity index (χ3v) is 3.47. The minimum Gasteiger partial charge on any atom is -0.480 e. The predicted molar refractivity (Wildman–Crippen MR) is 60.8 cm³/mol. The van der Waals surface area contributed by atoms with E-state index >= 15 is 0 Å². The van der Waals surface area contributed by atoms with Crippen LogP contribution in [0, 0.1) is 11.8 Å². The van der Waals surface area contributed by atoms with Crippen molar-refractivity contribution in [3.63, 3.8) is 0 Å². The van der Waals surface area contributed by atoms with Crippen molar-refractivity contribution in [2.75, 3.05) is 0 Å². The van der Waals surface area contributed by atoms with Crippen LogP contribution in [0.2, 0.25) is 0 Å². The molecular weight excluding hydrogens is 190 g/mol. The van der Waals surface area contributed by atoms with E-state index in [0.717, 1.165) is 18.8 Å². The second-order valence-corrected chi connectivity index (χ2v) is 5.01. The Morgan fingerprint density at radius 2 is 2.13 bits per heavy atom. The van der Waals surface area contributed by atoms with Gasteiger partial charge in [0.1, 0.15) is 6.04 Å². The number of aliphatic carboxylic acids is 1. The molecule has 3 atom stereocenters. The lowest BCUT2D eigenvalue weighted by Gasteiger charge is -2.22. The number of nitrogens with one attached hydrogen (secondary N) is 1. The Hall–Kier alpha value is -0.570. The smallest absolute Gasteiger partial charge is 0.320 e. The Morgan fingerprint density at radius 3 is 2.53 bits per heavy atom. The molecule has 88 valence electrons. The van der Waals surface area contributed by atoms with Crippen molar-refractivity contribution in [1.82, 2.24) is 5.32 Å². The Bertz CT molecular complexity index is 216. The molecule has 2 N–H and O–H groups in total. The summed E-state index contributed by atoms with van der Waals surface area (Å²) in [6.45, 7) is 6.13. The first-order valence-corrected chi connectivity index (χ1v) is 6.03. The number of hydrogen-bond donors (Lipinski definition) is 2. The highest BCUT2D eigenvalue weighted by Gasteiger charge is 2.29. The lowest BCUT2D eigenvalue weighted by Crippen LogP contribution is -2.45. The molecule has 1 fully saturated rings. The zero-order valence-corrected chi connectivity index (χ0v) is 9.99. The highest BCUT2D eigenvalue weighted by Crippen LogP contribution is 2.28. The van der Waals surface area contributed by atoms with Gasteiger partial charge in [0.15, 0.2) is 0 Å². The molecule has 0 saturated heterocycles. The molecule has 0 aromatic carbocycles. The molecule has 1 rings (SSSR count). The number of rotatable bonds is 5. The number of carboxylic acid groups (broad SMARTS) is 1. The van der Waals surface area contributed by atoms with E-state index in [-0.39, 0.29) is 12.0 Å². The van der Waals surface area contributed by atoms with Gasteiger partial charge in [-0.1, -0.05) is 27.2 Å². The van der Waals surface area contributed by atoms with Crippen LogP contribution < -0.4 is 5.32 Å². The van der Waals surface area contributed by atoms with E-state index < -0.39 is 5.97 Å². The first kappa shape index (κ1) is 12.5. The molecule has 1 saturated carbocycles. The fraction of sp³-hybridized carbons (Fsp3) is 0.917. The van der Waals surface area contributed by atoms with Crippen molar-refractivity contribution in [2.24, 2.45) is 11.8 Å². The fourth-order valence-corrected chi connectivity index (χ4v) is 2.40. The molecule has 15 heavy (non-hydrogen) atoms. The summed E-state index contributed by atoms with van der Waals surface area (Å²) in [5.41, 5.74) is 0. The van der Waals surface area contributed by atoms with Gasteiger partial charge in [-0.15, -0.1) is 0 Å². The Kier molecular flexibility index (Phi) is 4.58. The molecule has 0 heterocycles. The zero-order chi connectivity index (χ0) is 11.4. The van der Waals surface area contributed by atoms with Gasteiger partial charge in [0.2, 0.25) is 0 Å². The first-order chi connectivity index (χ1) is 7.04. The molecular formula is C12H23NO2. The first-order valence-electron chi connectivity index (χ1n) is 6.03. The van der Waals surface area contributed by atoms with Gasteiger partial charge >= 0.3 is 5.97 Å². The maximum absolute atomic E-state index is 11.0. The largest absolute Gasteiger partial charge is 0.480 e. The summed E-state index contributed by atoms with van der Waals surface area (Å²) in [6.07, 6.45) is 4.75. The van der Waals surface area contributed by atoms with Crippen molar-refractivity contribution in [2.45, 2.75) is 58.5 Å². The van der Waals surface area contributed by atoms with Crippen LogP contribution in [-0.2, 0) is 4.79 Å². The standard InChI is InChI=1S/C12H23NO2/c1-4-9-5-6-10(7-9)13-11(8(2)3)12(14)15/h8-11,13H,4-7H2,1-3H3,(H,14,15). The third-order valence-electron chi connectivity index (χ3n) is 3.47. The lowest BCUT2D eigenvalue weighted by molar-refractivity contribution is -0.140. The van der Waals surface area contributed by atoms with Crippen LogP contribution in [0.25, 0.3) is 0 Å². The second kappa shape index (κ2) is 5.50. The normalized spacial score (nSPS) is 28.3. The topological polar surface area (TPSA) is 49.3 Å². The van der Waals surface area contributed by atoms with E-state index in [1.165, 1.54) is 12.8 Å². The third kappa shape index (κ3) is 3.49. The van der Waals surface area contributed by atoms with Gasteiger partial charge in [-0.05, 0) is 31.1 Å². The maximum Gasteiger partial charge on any atom is 0.320 e. The van der Waals surface area contributed by atoms with E-state index in [9.17, 15) is 4.79 Å². The predicted octanol–water partition coefficient (Wildman–Crippen LogP) is 2.26. The average Bonchev–Trinajstić information content (AvgIpc) is 2.60. The van der Waals surface area contributed by atoms with Crippen LogP contribution in [0.4, 0.5) is 0 Å². The van der Waals surface area contributed by atoms with Crippen LogP contribution in [0.3, 0.4) is 0 Å². The van der Waals surface area contributed by atoms with Gasteiger partial charge in [0.05, 0.1) is 0 Å². The quantitative estimate of drug-likeness (QED) is 0.736. The Morgan fingerprint density at radius 1 is 1.47 bits per heavy atom. The van der Waals surface area contributed by atoms with E-state index in [1.54, 1.807) is 0 Å². The molecule has 0 amide bonds. The zero-order valence-electron chi connectivity index (χ0n) is 9.99. The summed E-state index contributed by atoms with van der Waals surface area (Å²) in [7, 11) is 0. The summed E-state index contributed by atoms with van der Waals surface area (Å²) in [5.74, 6) is 0.234. The van der Waals surface area contributed by atoms with Gasteiger partial charge in [-0.2, -0.15) is 0 Å². The monoisotopic (exact) mass is 213 g/mol. The van der Waals surface area contributed by atoms with Crippen molar-refractivity contribution in [1.29, 1.82) is 0 Å². The molecule has 0 aromatic heterocycles. The lowest BCUT2D eigenvalue weighted by atomic mass is 10.0. The van der Waals surface area contributed by atoms with Crippen molar-refractivity contribution >= 4 is 5.97 Å². The minimum atomic E-state index is -0.718. The summed E-state index contributed by atoms with van der Waals surface area (Å²) >= 11 is 0. The van der Waals surface area contributed by atoms with E-state index in [0.29, 0.717) is 6.04 Å². The molecule has 0 spiro atoms. The van der Waals surface area contributed by atoms with Gasteiger partial charge in [-0.3, -0.25) is 4.79 Å². The summed E-state index contributed by atoms with van der Waals surface area (Å²) in [6, 6.07) is 0.0315. The van der Waals surface area contributed by atoms with Crippen LogP contribution in [-0.4, -0.2) is 23.2 Å². The van der Waals surface area contributed by atoms with Crippen LogP contribution in [0.15, 0.2) is 0 Å². The minimum absolute atomic E-state index is 0.156. The number of hydrogen-bond acceptors (Lipinski definition) is 2. The fourth-order valence-electron chi connectivity index (χ4n) is 2.40.